The van der Waals surface area contributed by atoms with Crippen LogP contribution in [0.15, 0.2) is 23.4 Å². The zero-order chi connectivity index (χ0) is 13.9. The number of likely N-dealkylation sites (N-methyl/N-ethyl adjacent to an activating group) is 1. The number of nitrogens with zero attached hydrogens (tertiary/aromatic N) is 3. The molecule has 19 heavy (non-hydrogen) atoms. The van der Waals surface area contributed by atoms with Crippen molar-refractivity contribution in [3.63, 3.8) is 0 Å². The van der Waals surface area contributed by atoms with E-state index in [1.165, 1.54) is 16.6 Å². The topological polar surface area (TPSA) is 86.1 Å². The Morgan fingerprint density at radius 2 is 2.37 bits per heavy atom. The summed E-state index contributed by atoms with van der Waals surface area (Å²) in [6.45, 7) is 0.891. The van der Waals surface area contributed by atoms with E-state index in [0.717, 1.165) is 12.8 Å². The first-order valence-electron chi connectivity index (χ1n) is 6.12. The van der Waals surface area contributed by atoms with Gasteiger partial charge >= 0.3 is 0 Å². The van der Waals surface area contributed by atoms with Crippen LogP contribution in [0.25, 0.3) is 0 Å². The number of rotatable bonds is 3. The monoisotopic (exact) mass is 280 g/mol. The van der Waals surface area contributed by atoms with Crippen molar-refractivity contribution in [3.8, 4) is 6.07 Å². The number of hydrogen-bond acceptors (Lipinski definition) is 5. The number of sulfonamides is 1. The average Bonchev–Trinajstić information content (AvgIpc) is 2.47. The molecule has 1 aromatic heterocycles. The molecule has 0 saturated carbocycles. The van der Waals surface area contributed by atoms with E-state index < -0.39 is 10.0 Å². The smallest absolute Gasteiger partial charge is 0.261 e. The molecule has 102 valence electrons. The first kappa shape index (κ1) is 13.9. The summed E-state index contributed by atoms with van der Waals surface area (Å²) in [5, 5.41) is 11.9. The van der Waals surface area contributed by atoms with Crippen molar-refractivity contribution in [2.75, 3.05) is 20.1 Å². The summed E-state index contributed by atoms with van der Waals surface area (Å²) in [6.07, 6.45) is 3.16. The second-order valence-electron chi connectivity index (χ2n) is 4.46. The SMILES string of the molecule is CNC1CCCN(S(=O)(=O)c2ncccc2C#N)C1. The maximum atomic E-state index is 12.5. The van der Waals surface area contributed by atoms with E-state index in [4.69, 9.17) is 5.26 Å². The Morgan fingerprint density at radius 3 is 3.05 bits per heavy atom. The highest BCUT2D eigenvalue weighted by Gasteiger charge is 2.32. The van der Waals surface area contributed by atoms with Crippen LogP contribution in [0, 0.1) is 11.3 Å². The summed E-state index contributed by atoms with van der Waals surface area (Å²) >= 11 is 0. The van der Waals surface area contributed by atoms with Gasteiger partial charge in [-0.1, -0.05) is 0 Å². The molecule has 1 saturated heterocycles. The maximum absolute atomic E-state index is 12.5. The molecule has 0 aromatic carbocycles. The van der Waals surface area contributed by atoms with Gasteiger partial charge in [-0.25, -0.2) is 13.4 Å². The van der Waals surface area contributed by atoms with Crippen LogP contribution in [0.4, 0.5) is 0 Å². The third kappa shape index (κ3) is 2.76. The molecule has 0 aliphatic carbocycles. The van der Waals surface area contributed by atoms with E-state index in [1.54, 1.807) is 6.07 Å². The molecule has 1 aromatic rings. The minimum Gasteiger partial charge on any atom is -0.316 e. The lowest BCUT2D eigenvalue weighted by Crippen LogP contribution is -2.47. The number of pyridine rings is 1. The molecule has 0 spiro atoms. The van der Waals surface area contributed by atoms with Gasteiger partial charge in [0.05, 0.1) is 5.56 Å². The zero-order valence-corrected chi connectivity index (χ0v) is 11.5. The molecule has 1 unspecified atom stereocenters. The van der Waals surface area contributed by atoms with E-state index in [-0.39, 0.29) is 16.6 Å². The first-order chi connectivity index (χ1) is 9.09. The van der Waals surface area contributed by atoms with E-state index in [9.17, 15) is 8.42 Å². The fraction of sp³-hybridized carbons (Fsp3) is 0.500. The Labute approximate surface area is 113 Å². The fourth-order valence-electron chi connectivity index (χ4n) is 2.20. The van der Waals surface area contributed by atoms with Crippen molar-refractivity contribution in [2.45, 2.75) is 23.9 Å². The zero-order valence-electron chi connectivity index (χ0n) is 10.7. The molecule has 2 heterocycles. The van der Waals surface area contributed by atoms with E-state index in [2.05, 4.69) is 10.3 Å². The molecule has 6 nitrogen and oxygen atoms in total. The van der Waals surface area contributed by atoms with Crippen molar-refractivity contribution in [1.29, 1.82) is 5.26 Å². The summed E-state index contributed by atoms with van der Waals surface area (Å²) in [5.41, 5.74) is 0.0917. The number of aromatic nitrogens is 1. The lowest BCUT2D eigenvalue weighted by molar-refractivity contribution is 0.292. The second-order valence-corrected chi connectivity index (χ2v) is 6.31. The Balaban J connectivity index is 2.35. The quantitative estimate of drug-likeness (QED) is 0.862. The van der Waals surface area contributed by atoms with Gasteiger partial charge in [-0.05, 0) is 32.0 Å². The predicted octanol–water partition coefficient (Wildman–Crippen LogP) is 0.326. The van der Waals surface area contributed by atoms with Gasteiger partial charge in [-0.15, -0.1) is 0 Å². The van der Waals surface area contributed by atoms with Crippen LogP contribution in [0.5, 0.6) is 0 Å². The van der Waals surface area contributed by atoms with E-state index in [1.807, 2.05) is 13.1 Å². The molecule has 0 radical (unpaired) electrons. The van der Waals surface area contributed by atoms with Crippen molar-refractivity contribution in [2.24, 2.45) is 0 Å². The minimum absolute atomic E-state index is 0.0917. The van der Waals surface area contributed by atoms with Crippen LogP contribution in [-0.2, 0) is 10.0 Å². The standard InChI is InChI=1S/C12H16N4O2S/c1-14-11-5-3-7-16(9-11)19(17,18)12-10(8-13)4-2-6-15-12/h2,4,6,11,14H,3,5,7,9H2,1H3. The van der Waals surface area contributed by atoms with Gasteiger partial charge < -0.3 is 5.32 Å². The van der Waals surface area contributed by atoms with Gasteiger partial charge in [-0.3, -0.25) is 0 Å². The molecule has 1 aliphatic heterocycles. The Bertz CT molecular complexity index is 594. The summed E-state index contributed by atoms with van der Waals surface area (Å²) < 4.78 is 26.4. The molecule has 1 atom stereocenters. The van der Waals surface area contributed by atoms with Crippen LogP contribution in [0.3, 0.4) is 0 Å². The average molecular weight is 280 g/mol. The van der Waals surface area contributed by atoms with Gasteiger partial charge in [-0.2, -0.15) is 9.57 Å². The van der Waals surface area contributed by atoms with Gasteiger partial charge in [0.15, 0.2) is 5.03 Å². The van der Waals surface area contributed by atoms with Crippen LogP contribution in [-0.4, -0.2) is 43.9 Å². The highest BCUT2D eigenvalue weighted by Crippen LogP contribution is 2.21. The fourth-order valence-corrected chi connectivity index (χ4v) is 3.78. The largest absolute Gasteiger partial charge is 0.316 e. The van der Waals surface area contributed by atoms with E-state index in [0.29, 0.717) is 13.1 Å². The van der Waals surface area contributed by atoms with Crippen LogP contribution in [0.1, 0.15) is 18.4 Å². The van der Waals surface area contributed by atoms with Crippen molar-refractivity contribution < 1.29 is 8.42 Å². The summed E-state index contributed by atoms with van der Waals surface area (Å²) in [4.78, 5) is 3.87. The molecule has 2 rings (SSSR count). The Morgan fingerprint density at radius 1 is 1.58 bits per heavy atom. The lowest BCUT2D eigenvalue weighted by atomic mass is 10.1. The van der Waals surface area contributed by atoms with Gasteiger partial charge in [0.1, 0.15) is 6.07 Å². The molecule has 0 bridgehead atoms. The van der Waals surface area contributed by atoms with Crippen molar-refractivity contribution in [3.05, 3.63) is 23.9 Å². The summed E-state index contributed by atoms with van der Waals surface area (Å²) in [7, 11) is -1.87. The summed E-state index contributed by atoms with van der Waals surface area (Å²) in [6, 6.07) is 5.06. The van der Waals surface area contributed by atoms with Crippen LogP contribution >= 0.6 is 0 Å². The van der Waals surface area contributed by atoms with E-state index >= 15 is 0 Å². The molecule has 1 aliphatic rings. The van der Waals surface area contributed by atoms with Crippen LogP contribution in [0.2, 0.25) is 0 Å². The third-order valence-corrected chi connectivity index (χ3v) is 5.09. The highest BCUT2D eigenvalue weighted by molar-refractivity contribution is 7.89. The summed E-state index contributed by atoms with van der Waals surface area (Å²) in [5.74, 6) is 0. The third-order valence-electron chi connectivity index (χ3n) is 3.27. The molecule has 1 N–H and O–H groups in total. The van der Waals surface area contributed by atoms with Gasteiger partial charge in [0, 0.05) is 25.3 Å². The molecule has 7 heteroatoms. The van der Waals surface area contributed by atoms with Crippen LogP contribution < -0.4 is 5.32 Å². The maximum Gasteiger partial charge on any atom is 0.261 e. The molecular weight excluding hydrogens is 264 g/mol. The molecule has 0 amide bonds. The second kappa shape index (κ2) is 5.65. The van der Waals surface area contributed by atoms with Gasteiger partial charge in [0.2, 0.25) is 0 Å². The normalized spacial score (nSPS) is 20.9. The lowest BCUT2D eigenvalue weighted by Gasteiger charge is -2.31. The number of nitrogens with one attached hydrogen (secondary N) is 1. The first-order valence-corrected chi connectivity index (χ1v) is 7.56. The molecule has 1 fully saturated rings. The minimum atomic E-state index is -3.69. The van der Waals surface area contributed by atoms with Crippen molar-refractivity contribution in [1.82, 2.24) is 14.6 Å². The van der Waals surface area contributed by atoms with Crippen molar-refractivity contribution >= 4 is 10.0 Å². The van der Waals surface area contributed by atoms with Gasteiger partial charge in [0.25, 0.3) is 10.0 Å². The predicted molar refractivity (Wildman–Crippen MR) is 69.8 cm³/mol. The Kier molecular flexibility index (Phi) is 4.14. The highest BCUT2D eigenvalue weighted by atomic mass is 32.2. The number of nitriles is 1. The number of hydrogen-bond donors (Lipinski definition) is 1. The number of piperidine rings is 1. The molecular formula is C12H16N4O2S. The Hall–Kier alpha value is -1.49.